The Hall–Kier alpha value is -6.38. The third-order valence-electron chi connectivity index (χ3n) is 11.6. The number of nitrogens with one attached hydrogen (secondary N) is 1. The molecule has 5 aromatic rings. The Kier molecular flexibility index (Phi) is 11.8. The Bertz CT molecular complexity index is 2310. The molecule has 60 heavy (non-hydrogen) atoms. The Morgan fingerprint density at radius 2 is 1.40 bits per heavy atom. The maximum absolute atomic E-state index is 15.9. The topological polar surface area (TPSA) is 164 Å². The largest absolute Gasteiger partial charge is 0.491 e. The van der Waals surface area contributed by atoms with E-state index in [9.17, 15) is 15.0 Å². The minimum Gasteiger partial charge on any atom is -0.491 e. The molecular formula is C47H45N3O10. The third-order valence-corrected chi connectivity index (χ3v) is 11.6. The Balaban J connectivity index is 1.38. The Morgan fingerprint density at radius 1 is 0.767 bits per heavy atom. The number of benzene rings is 5. The number of fused-ring (bicyclic) bond motifs is 3. The van der Waals surface area contributed by atoms with Gasteiger partial charge >= 0.3 is 12.1 Å². The molecule has 1 spiro atoms. The van der Waals surface area contributed by atoms with Gasteiger partial charge in [0, 0.05) is 13.7 Å². The van der Waals surface area contributed by atoms with Crippen molar-refractivity contribution in [2.24, 2.45) is 5.92 Å². The number of cyclic esters (lactones) is 1. The average molecular weight is 812 g/mol. The third kappa shape index (κ3) is 7.09. The molecule has 308 valence electrons. The number of imide groups is 1. The number of aliphatic hydroxyl groups excluding tert-OH is 2. The number of hydrogen-bond donors (Lipinski definition) is 3. The second kappa shape index (κ2) is 17.5. The van der Waals surface area contributed by atoms with Crippen LogP contribution < -0.4 is 15.0 Å². The van der Waals surface area contributed by atoms with E-state index in [-0.39, 0.29) is 38.7 Å². The van der Waals surface area contributed by atoms with Crippen LogP contribution >= 0.6 is 0 Å². The van der Waals surface area contributed by atoms with E-state index in [1.807, 2.05) is 71.6 Å². The molecule has 0 aliphatic carbocycles. The van der Waals surface area contributed by atoms with Crippen molar-refractivity contribution in [2.45, 2.75) is 35.7 Å². The van der Waals surface area contributed by atoms with Gasteiger partial charge in [-0.1, -0.05) is 121 Å². The van der Waals surface area contributed by atoms with E-state index >= 15 is 14.4 Å². The van der Waals surface area contributed by atoms with Crippen molar-refractivity contribution in [3.63, 3.8) is 0 Å². The molecule has 3 aliphatic rings. The van der Waals surface area contributed by atoms with Crippen LogP contribution in [-0.4, -0.2) is 85.1 Å². The SMILES string of the molecule is COCCOC(=O)N1C(=O)[C@@]2(c3ccccc31)[C@H](C(=O)NC[C@H](O)c1ccccc1)[C@H]1C(=O)O[C@H](c3ccccc3)[C@H](c3ccccc3)N1[C@@H]2c1ccc(OCCO)cc1. The number of methoxy groups -OCH3 is 1. The zero-order valence-corrected chi connectivity index (χ0v) is 32.8. The highest BCUT2D eigenvalue weighted by atomic mass is 16.6. The van der Waals surface area contributed by atoms with Crippen LogP contribution in [0, 0.1) is 5.92 Å². The summed E-state index contributed by atoms with van der Waals surface area (Å²) in [5, 5.41) is 23.6. The van der Waals surface area contributed by atoms with E-state index < -0.39 is 65.5 Å². The Morgan fingerprint density at radius 3 is 2.07 bits per heavy atom. The number of carbonyl (C=O) groups excluding carboxylic acids is 4. The quantitative estimate of drug-likeness (QED) is 0.104. The van der Waals surface area contributed by atoms with E-state index in [0.29, 0.717) is 28.0 Å². The maximum atomic E-state index is 15.9. The molecule has 2 saturated heterocycles. The number of amides is 3. The standard InChI is InChI=1S/C47H45N3O10/c1-57-27-28-59-46(56)49-36-20-12-11-19-35(36)47(45(49)55)38(43(53)48-29-37(52)30-13-5-2-6-14-30)40-44(54)60-41(32-17-9-4-10-18-32)39(31-15-7-3-8-16-31)50(40)42(47)33-21-23-34(24-22-33)58-26-25-51/h2-24,37-42,51-52H,25-29H2,1H3,(H,48,53)/t37-,38-,39-,40-,41+,42+,47-/m0/s1. The smallest absolute Gasteiger partial charge is 0.421 e. The van der Waals surface area contributed by atoms with E-state index in [4.69, 9.17) is 18.9 Å². The van der Waals surface area contributed by atoms with Gasteiger partial charge in [0.15, 0.2) is 0 Å². The van der Waals surface area contributed by atoms with Crippen LogP contribution in [-0.2, 0) is 34.0 Å². The zero-order chi connectivity index (χ0) is 41.8. The van der Waals surface area contributed by atoms with Crippen molar-refractivity contribution < 1.29 is 48.3 Å². The summed E-state index contributed by atoms with van der Waals surface area (Å²) in [7, 11) is 1.46. The predicted molar refractivity (Wildman–Crippen MR) is 219 cm³/mol. The molecule has 0 radical (unpaired) electrons. The lowest BCUT2D eigenvalue weighted by molar-refractivity contribution is -0.178. The van der Waals surface area contributed by atoms with Crippen molar-refractivity contribution in [1.29, 1.82) is 0 Å². The fourth-order valence-corrected chi connectivity index (χ4v) is 9.13. The summed E-state index contributed by atoms with van der Waals surface area (Å²) in [4.78, 5) is 63.3. The van der Waals surface area contributed by atoms with Crippen LogP contribution in [0.2, 0.25) is 0 Å². The molecule has 5 aromatic carbocycles. The molecule has 3 amide bonds. The van der Waals surface area contributed by atoms with E-state index in [0.717, 1.165) is 10.5 Å². The summed E-state index contributed by atoms with van der Waals surface area (Å²) < 4.78 is 22.9. The highest BCUT2D eigenvalue weighted by Gasteiger charge is 2.75. The first-order chi connectivity index (χ1) is 29.3. The second-order valence-electron chi connectivity index (χ2n) is 14.8. The van der Waals surface area contributed by atoms with Crippen LogP contribution in [0.5, 0.6) is 5.75 Å². The minimum absolute atomic E-state index is 0.0463. The lowest BCUT2D eigenvalue weighted by atomic mass is 9.65. The lowest BCUT2D eigenvalue weighted by Gasteiger charge is -2.46. The summed E-state index contributed by atoms with van der Waals surface area (Å²) in [6.45, 7) is -0.479. The maximum Gasteiger partial charge on any atom is 0.421 e. The summed E-state index contributed by atoms with van der Waals surface area (Å²) in [6, 6.07) is 38.0. The van der Waals surface area contributed by atoms with Gasteiger partial charge in [0.1, 0.15) is 36.5 Å². The van der Waals surface area contributed by atoms with Crippen LogP contribution in [0.4, 0.5) is 10.5 Å². The fraction of sp³-hybridized carbons (Fsp3) is 0.277. The molecule has 13 heteroatoms. The van der Waals surface area contributed by atoms with E-state index in [1.54, 1.807) is 72.8 Å². The highest BCUT2D eigenvalue weighted by molar-refractivity contribution is 6.23. The number of morpholine rings is 1. The highest BCUT2D eigenvalue weighted by Crippen LogP contribution is 2.65. The van der Waals surface area contributed by atoms with E-state index in [2.05, 4.69) is 5.32 Å². The molecule has 2 fully saturated rings. The normalized spacial score (nSPS) is 23.7. The van der Waals surface area contributed by atoms with Crippen LogP contribution in [0.15, 0.2) is 140 Å². The first-order valence-electron chi connectivity index (χ1n) is 19.8. The number of ether oxygens (including phenoxy) is 4. The van der Waals surface area contributed by atoms with Gasteiger partial charge in [-0.2, -0.15) is 0 Å². The monoisotopic (exact) mass is 811 g/mol. The van der Waals surface area contributed by atoms with Gasteiger partial charge in [-0.25, -0.2) is 9.69 Å². The summed E-state index contributed by atoms with van der Waals surface area (Å²) in [6.07, 6.45) is -2.99. The van der Waals surface area contributed by atoms with E-state index in [1.165, 1.54) is 7.11 Å². The molecule has 0 aromatic heterocycles. The van der Waals surface area contributed by atoms with Crippen molar-refractivity contribution in [3.05, 3.63) is 167 Å². The molecule has 0 bridgehead atoms. The molecule has 8 rings (SSSR count). The molecule has 0 saturated carbocycles. The molecule has 13 nitrogen and oxygen atoms in total. The first kappa shape index (κ1) is 40.4. The first-order valence-corrected chi connectivity index (χ1v) is 19.8. The van der Waals surface area contributed by atoms with Gasteiger partial charge in [-0.05, 0) is 46.0 Å². The van der Waals surface area contributed by atoms with Crippen molar-refractivity contribution >= 4 is 29.6 Å². The second-order valence-corrected chi connectivity index (χ2v) is 14.8. The van der Waals surface area contributed by atoms with Crippen molar-refractivity contribution in [1.82, 2.24) is 10.2 Å². The average Bonchev–Trinajstić information content (AvgIpc) is 3.75. The number of aliphatic hydroxyl groups is 2. The Labute approximate surface area is 347 Å². The number of esters is 1. The molecule has 3 heterocycles. The lowest BCUT2D eigenvalue weighted by Crippen LogP contribution is -2.56. The number of para-hydroxylation sites is 1. The molecular weight excluding hydrogens is 767 g/mol. The van der Waals surface area contributed by atoms with Gasteiger partial charge < -0.3 is 34.5 Å². The van der Waals surface area contributed by atoms with Gasteiger partial charge in [-0.15, -0.1) is 0 Å². The van der Waals surface area contributed by atoms with Crippen molar-refractivity contribution in [2.75, 3.05) is 45.0 Å². The molecule has 0 unspecified atom stereocenters. The van der Waals surface area contributed by atoms with Crippen LogP contribution in [0.25, 0.3) is 0 Å². The number of anilines is 1. The molecule has 3 N–H and O–H groups in total. The van der Waals surface area contributed by atoms with Gasteiger partial charge in [0.05, 0.1) is 43.0 Å². The summed E-state index contributed by atoms with van der Waals surface area (Å²) in [5.74, 6) is -3.29. The summed E-state index contributed by atoms with van der Waals surface area (Å²) >= 11 is 0. The number of nitrogens with zero attached hydrogens (tertiary/aromatic N) is 2. The predicted octanol–water partition coefficient (Wildman–Crippen LogP) is 5.36. The minimum atomic E-state index is -1.96. The van der Waals surface area contributed by atoms with Gasteiger partial charge in [0.2, 0.25) is 11.8 Å². The molecule has 7 atom stereocenters. The number of rotatable bonds is 13. The number of hydrogen-bond acceptors (Lipinski definition) is 11. The number of carbonyl (C=O) groups is 4. The van der Waals surface area contributed by atoms with Gasteiger partial charge in [-0.3, -0.25) is 19.3 Å². The molecule has 3 aliphatic heterocycles. The van der Waals surface area contributed by atoms with Gasteiger partial charge in [0.25, 0.3) is 0 Å². The van der Waals surface area contributed by atoms with Crippen LogP contribution in [0.3, 0.4) is 0 Å². The van der Waals surface area contributed by atoms with Crippen molar-refractivity contribution in [3.8, 4) is 5.75 Å². The zero-order valence-electron chi connectivity index (χ0n) is 32.8. The van der Waals surface area contributed by atoms with Crippen LogP contribution in [0.1, 0.15) is 52.1 Å². The summed E-state index contributed by atoms with van der Waals surface area (Å²) in [5.41, 5.74) is 1.11. The fourth-order valence-electron chi connectivity index (χ4n) is 9.13.